The molecule has 1 saturated heterocycles. The van der Waals surface area contributed by atoms with Crippen LogP contribution in [0.1, 0.15) is 62.5 Å². The number of likely N-dealkylation sites (tertiary alicyclic amines) is 1. The fourth-order valence-corrected chi connectivity index (χ4v) is 6.18. The number of anilines is 3. The summed E-state index contributed by atoms with van der Waals surface area (Å²) in [6.45, 7) is 8.59. The van der Waals surface area contributed by atoms with Gasteiger partial charge in [-0.2, -0.15) is 9.65 Å². The summed E-state index contributed by atoms with van der Waals surface area (Å²) in [7, 11) is 0. The number of rotatable bonds is 7. The highest BCUT2D eigenvalue weighted by Gasteiger charge is 2.29. The predicted octanol–water partition coefficient (Wildman–Crippen LogP) is 8.06. The van der Waals surface area contributed by atoms with Crippen molar-refractivity contribution in [3.8, 4) is 6.07 Å². The summed E-state index contributed by atoms with van der Waals surface area (Å²) in [6, 6.07) is 12.4. The SMILES string of the molecule is CC(C)(C)N1CCC(n2cc(C(Nc3cc(Cl)c4ncc(C#N)c(Nc5ccc(F)c(Cl)c5)c4c3)c3ccc(F)nc3)nn2)CC1. The Labute approximate surface area is 275 Å². The van der Waals surface area contributed by atoms with Crippen LogP contribution in [0.4, 0.5) is 25.8 Å². The van der Waals surface area contributed by atoms with E-state index in [1.807, 2.05) is 10.9 Å². The Hall–Kier alpha value is -4.37. The monoisotopic (exact) mass is 661 g/mol. The first-order valence-electron chi connectivity index (χ1n) is 14.8. The molecule has 5 aromatic rings. The lowest BCUT2D eigenvalue weighted by atomic mass is 9.98. The molecule has 1 aliphatic rings. The average molecular weight is 663 g/mol. The predicted molar refractivity (Wildman–Crippen MR) is 175 cm³/mol. The fourth-order valence-electron chi connectivity index (χ4n) is 5.74. The van der Waals surface area contributed by atoms with Crippen molar-refractivity contribution in [3.63, 3.8) is 0 Å². The van der Waals surface area contributed by atoms with E-state index in [1.54, 1.807) is 18.2 Å². The van der Waals surface area contributed by atoms with Crippen LogP contribution < -0.4 is 10.6 Å². The smallest absolute Gasteiger partial charge is 0.212 e. The Kier molecular flexibility index (Phi) is 8.79. The molecule has 0 radical (unpaired) electrons. The molecule has 46 heavy (non-hydrogen) atoms. The zero-order chi connectivity index (χ0) is 32.6. The number of hydrogen-bond donors (Lipinski definition) is 2. The zero-order valence-corrected chi connectivity index (χ0v) is 26.9. The minimum Gasteiger partial charge on any atom is -0.373 e. The molecule has 2 N–H and O–H groups in total. The van der Waals surface area contributed by atoms with Crippen molar-refractivity contribution in [3.05, 3.63) is 99.7 Å². The van der Waals surface area contributed by atoms with E-state index < -0.39 is 17.8 Å². The van der Waals surface area contributed by atoms with E-state index in [4.69, 9.17) is 23.2 Å². The molecule has 0 aliphatic carbocycles. The van der Waals surface area contributed by atoms with Crippen LogP contribution in [0.25, 0.3) is 10.9 Å². The maximum Gasteiger partial charge on any atom is 0.212 e. The van der Waals surface area contributed by atoms with Gasteiger partial charge in [-0.3, -0.25) is 9.88 Å². The van der Waals surface area contributed by atoms with Crippen molar-refractivity contribution in [2.75, 3.05) is 23.7 Å². The van der Waals surface area contributed by atoms with Crippen LogP contribution in [0.15, 0.2) is 61.1 Å². The Bertz CT molecular complexity index is 1930. The van der Waals surface area contributed by atoms with Crippen LogP contribution in [0.3, 0.4) is 0 Å². The van der Waals surface area contributed by atoms with Gasteiger partial charge in [0.1, 0.15) is 17.6 Å². The topological polar surface area (TPSA) is 108 Å². The third-order valence-electron chi connectivity index (χ3n) is 8.24. The van der Waals surface area contributed by atoms with E-state index in [2.05, 4.69) is 62.7 Å². The minimum atomic E-state index is -0.600. The van der Waals surface area contributed by atoms with E-state index in [0.29, 0.717) is 44.2 Å². The molecular formula is C33H31Cl2F2N9. The molecule has 0 spiro atoms. The number of nitriles is 1. The number of pyridine rings is 2. The molecule has 1 aliphatic heterocycles. The summed E-state index contributed by atoms with van der Waals surface area (Å²) in [5, 5.41) is 26.4. The van der Waals surface area contributed by atoms with Crippen LogP contribution >= 0.6 is 23.2 Å². The zero-order valence-electron chi connectivity index (χ0n) is 25.4. The molecular weight excluding hydrogens is 631 g/mol. The van der Waals surface area contributed by atoms with Gasteiger partial charge >= 0.3 is 0 Å². The normalized spacial score (nSPS) is 15.1. The van der Waals surface area contributed by atoms with Gasteiger partial charge in [0.25, 0.3) is 0 Å². The fraction of sp³-hybridized carbons (Fsp3) is 0.303. The average Bonchev–Trinajstić information content (AvgIpc) is 3.52. The molecule has 0 amide bonds. The standard InChI is InChI=1S/C33H31Cl2F2N9/c1-33(2,3)45-10-8-23(9-11-45)46-18-28(43-44-46)31(19-4-7-29(37)39-16-19)42-22-12-24-30(41-21-5-6-27(36)25(34)13-21)20(15-38)17-40-32(24)26(35)14-22/h4-7,12-14,16-18,23,31,42H,8-11H2,1-3H3,(H,40,41). The number of aromatic nitrogens is 5. The highest BCUT2D eigenvalue weighted by molar-refractivity contribution is 6.36. The van der Waals surface area contributed by atoms with Gasteiger partial charge in [0, 0.05) is 47.8 Å². The summed E-state index contributed by atoms with van der Waals surface area (Å²) in [6.07, 6.45) is 6.69. The largest absolute Gasteiger partial charge is 0.373 e. The number of nitrogens with zero attached hydrogens (tertiary/aromatic N) is 7. The summed E-state index contributed by atoms with van der Waals surface area (Å²) >= 11 is 12.8. The van der Waals surface area contributed by atoms with Crippen molar-refractivity contribution in [1.82, 2.24) is 29.9 Å². The van der Waals surface area contributed by atoms with Gasteiger partial charge in [-0.1, -0.05) is 34.5 Å². The Morgan fingerprint density at radius 3 is 2.41 bits per heavy atom. The van der Waals surface area contributed by atoms with Crippen molar-refractivity contribution in [1.29, 1.82) is 5.26 Å². The van der Waals surface area contributed by atoms with Crippen molar-refractivity contribution in [2.24, 2.45) is 0 Å². The van der Waals surface area contributed by atoms with E-state index in [-0.39, 0.29) is 22.2 Å². The second-order valence-electron chi connectivity index (χ2n) is 12.3. The molecule has 6 rings (SSSR count). The van der Waals surface area contributed by atoms with Gasteiger partial charge in [-0.05, 0) is 75.6 Å². The quantitative estimate of drug-likeness (QED) is 0.169. The number of hydrogen-bond acceptors (Lipinski definition) is 8. The Morgan fingerprint density at radius 2 is 1.74 bits per heavy atom. The van der Waals surface area contributed by atoms with Gasteiger partial charge in [0.05, 0.1) is 45.1 Å². The highest BCUT2D eigenvalue weighted by atomic mass is 35.5. The van der Waals surface area contributed by atoms with E-state index in [9.17, 15) is 14.0 Å². The number of fused-ring (bicyclic) bond motifs is 1. The highest BCUT2D eigenvalue weighted by Crippen LogP contribution is 2.37. The van der Waals surface area contributed by atoms with Crippen molar-refractivity contribution >= 4 is 51.2 Å². The number of piperidine rings is 1. The van der Waals surface area contributed by atoms with Crippen LogP contribution in [0, 0.1) is 23.1 Å². The van der Waals surface area contributed by atoms with E-state index >= 15 is 0 Å². The van der Waals surface area contributed by atoms with Crippen LogP contribution in [-0.4, -0.2) is 48.5 Å². The number of nitrogens with one attached hydrogen (secondary N) is 2. The molecule has 0 bridgehead atoms. The Balaban J connectivity index is 1.36. The molecule has 4 heterocycles. The first-order valence-corrected chi connectivity index (χ1v) is 15.5. The van der Waals surface area contributed by atoms with Gasteiger partial charge < -0.3 is 10.6 Å². The lowest BCUT2D eigenvalue weighted by Crippen LogP contribution is -2.46. The van der Waals surface area contributed by atoms with E-state index in [0.717, 1.165) is 25.9 Å². The molecule has 236 valence electrons. The lowest BCUT2D eigenvalue weighted by Gasteiger charge is -2.40. The summed E-state index contributed by atoms with van der Waals surface area (Å²) < 4.78 is 29.6. The second-order valence-corrected chi connectivity index (χ2v) is 13.1. The molecule has 3 aromatic heterocycles. The molecule has 1 fully saturated rings. The number of benzene rings is 2. The first kappa shape index (κ1) is 31.6. The van der Waals surface area contributed by atoms with E-state index in [1.165, 1.54) is 36.7 Å². The maximum absolute atomic E-state index is 13.9. The molecule has 2 aromatic carbocycles. The summed E-state index contributed by atoms with van der Waals surface area (Å²) in [4.78, 5) is 10.8. The third-order valence-corrected chi connectivity index (χ3v) is 8.82. The molecule has 13 heteroatoms. The first-order chi connectivity index (χ1) is 22.0. The number of halogens is 4. The Morgan fingerprint density at radius 1 is 0.978 bits per heavy atom. The van der Waals surface area contributed by atoms with Crippen LogP contribution in [0.5, 0.6) is 0 Å². The molecule has 9 nitrogen and oxygen atoms in total. The maximum atomic E-state index is 13.9. The molecule has 1 unspecified atom stereocenters. The van der Waals surface area contributed by atoms with Crippen molar-refractivity contribution < 1.29 is 8.78 Å². The minimum absolute atomic E-state index is 0.0641. The van der Waals surface area contributed by atoms with Crippen LogP contribution in [-0.2, 0) is 0 Å². The van der Waals surface area contributed by atoms with Crippen LogP contribution in [0.2, 0.25) is 10.0 Å². The van der Waals surface area contributed by atoms with Gasteiger partial charge in [0.15, 0.2) is 0 Å². The second kappa shape index (κ2) is 12.8. The molecule has 0 saturated carbocycles. The summed E-state index contributed by atoms with van der Waals surface area (Å²) in [5.41, 5.74) is 3.57. The van der Waals surface area contributed by atoms with Gasteiger partial charge in [-0.25, -0.2) is 14.1 Å². The van der Waals surface area contributed by atoms with Gasteiger partial charge in [-0.15, -0.1) is 5.10 Å². The van der Waals surface area contributed by atoms with Crippen molar-refractivity contribution in [2.45, 2.75) is 51.2 Å². The third kappa shape index (κ3) is 6.60. The molecule has 1 atom stereocenters. The lowest BCUT2D eigenvalue weighted by molar-refractivity contribution is 0.0866. The summed E-state index contributed by atoms with van der Waals surface area (Å²) in [5.74, 6) is -1.16. The van der Waals surface area contributed by atoms with Gasteiger partial charge in [0.2, 0.25) is 5.95 Å².